The van der Waals surface area contributed by atoms with Crippen LogP contribution in [0.3, 0.4) is 0 Å². The molecule has 0 aromatic heterocycles. The fourth-order valence-electron chi connectivity index (χ4n) is 2.15. The van der Waals surface area contributed by atoms with E-state index in [-0.39, 0.29) is 12.0 Å². The fourth-order valence-corrected chi connectivity index (χ4v) is 2.15. The summed E-state index contributed by atoms with van der Waals surface area (Å²) in [5.41, 5.74) is 0. The lowest BCUT2D eigenvalue weighted by Crippen LogP contribution is -2.45. The Kier molecular flexibility index (Phi) is 5.77. The van der Waals surface area contributed by atoms with Crippen molar-refractivity contribution in [1.29, 1.82) is 0 Å². The number of piperidine rings is 1. The van der Waals surface area contributed by atoms with Crippen molar-refractivity contribution in [1.82, 2.24) is 4.90 Å². The highest BCUT2D eigenvalue weighted by Crippen LogP contribution is 2.19. The number of methoxy groups -OCH3 is 1. The van der Waals surface area contributed by atoms with Crippen molar-refractivity contribution in [2.75, 3.05) is 33.4 Å². The van der Waals surface area contributed by atoms with E-state index >= 15 is 0 Å². The molecule has 1 saturated heterocycles. The maximum absolute atomic E-state index is 11.6. The Morgan fingerprint density at radius 3 is 2.56 bits per heavy atom. The summed E-state index contributed by atoms with van der Waals surface area (Å²) in [6, 6.07) is -0.108. The summed E-state index contributed by atoms with van der Waals surface area (Å²) in [4.78, 5) is 13.8. The van der Waals surface area contributed by atoms with E-state index in [0.29, 0.717) is 12.5 Å². The lowest BCUT2D eigenvalue weighted by atomic mass is 9.97. The topological polar surface area (TPSA) is 38.8 Å². The zero-order valence-electron chi connectivity index (χ0n) is 10.6. The van der Waals surface area contributed by atoms with Crippen LogP contribution in [0.15, 0.2) is 0 Å². The fraction of sp³-hybridized carbons (Fsp3) is 0.917. The van der Waals surface area contributed by atoms with Gasteiger partial charge in [0.25, 0.3) is 0 Å². The van der Waals surface area contributed by atoms with Gasteiger partial charge in [-0.2, -0.15) is 0 Å². The summed E-state index contributed by atoms with van der Waals surface area (Å²) in [7, 11) is 1.74. The lowest BCUT2D eigenvalue weighted by Gasteiger charge is -2.34. The van der Waals surface area contributed by atoms with E-state index in [1.54, 1.807) is 7.11 Å². The predicted octanol–water partition coefficient (Wildman–Crippen LogP) is 1.30. The third-order valence-corrected chi connectivity index (χ3v) is 3.23. The van der Waals surface area contributed by atoms with Gasteiger partial charge in [-0.3, -0.25) is 9.69 Å². The van der Waals surface area contributed by atoms with Gasteiger partial charge in [0.15, 0.2) is 0 Å². The van der Waals surface area contributed by atoms with Crippen LogP contribution in [0.2, 0.25) is 0 Å². The molecule has 4 heteroatoms. The van der Waals surface area contributed by atoms with Crippen molar-refractivity contribution in [3.8, 4) is 0 Å². The summed E-state index contributed by atoms with van der Waals surface area (Å²) < 4.78 is 10.2. The second-order valence-corrected chi connectivity index (χ2v) is 4.36. The molecule has 0 aromatic carbocycles. The Bertz CT molecular complexity index is 212. The number of carbonyl (C=O) groups excluding carboxylic acids is 1. The first kappa shape index (κ1) is 13.5. The SMILES string of the molecule is CCOC(=O)C(C)N1CCC(COC)CC1. The van der Waals surface area contributed by atoms with Gasteiger partial charge in [-0.1, -0.05) is 0 Å². The minimum absolute atomic E-state index is 0.104. The molecule has 1 aliphatic heterocycles. The third kappa shape index (κ3) is 3.76. The molecule has 0 saturated carbocycles. The predicted molar refractivity (Wildman–Crippen MR) is 62.3 cm³/mol. The van der Waals surface area contributed by atoms with Crippen LogP contribution in [0.1, 0.15) is 26.7 Å². The summed E-state index contributed by atoms with van der Waals surface area (Å²) in [6.45, 7) is 7.00. The second-order valence-electron chi connectivity index (χ2n) is 4.36. The Morgan fingerprint density at radius 2 is 2.06 bits per heavy atom. The zero-order valence-corrected chi connectivity index (χ0v) is 10.6. The first-order chi connectivity index (χ1) is 7.69. The molecule has 0 spiro atoms. The molecule has 1 aliphatic rings. The number of esters is 1. The monoisotopic (exact) mass is 229 g/mol. The van der Waals surface area contributed by atoms with E-state index in [4.69, 9.17) is 9.47 Å². The second kappa shape index (κ2) is 6.86. The van der Waals surface area contributed by atoms with Crippen molar-refractivity contribution in [2.45, 2.75) is 32.7 Å². The largest absolute Gasteiger partial charge is 0.465 e. The van der Waals surface area contributed by atoms with E-state index in [1.807, 2.05) is 13.8 Å². The highest BCUT2D eigenvalue weighted by atomic mass is 16.5. The number of rotatable bonds is 5. The molecular formula is C12H23NO3. The van der Waals surface area contributed by atoms with Gasteiger partial charge >= 0.3 is 5.97 Å². The van der Waals surface area contributed by atoms with Crippen LogP contribution >= 0.6 is 0 Å². The molecule has 0 radical (unpaired) electrons. The average Bonchev–Trinajstić information content (AvgIpc) is 2.30. The molecule has 0 N–H and O–H groups in total. The van der Waals surface area contributed by atoms with Crippen LogP contribution in [0.25, 0.3) is 0 Å². The molecule has 1 fully saturated rings. The minimum Gasteiger partial charge on any atom is -0.465 e. The first-order valence-corrected chi connectivity index (χ1v) is 6.08. The third-order valence-electron chi connectivity index (χ3n) is 3.23. The molecule has 1 heterocycles. The van der Waals surface area contributed by atoms with E-state index < -0.39 is 0 Å². The van der Waals surface area contributed by atoms with Crippen LogP contribution in [-0.2, 0) is 14.3 Å². The molecule has 0 aromatic rings. The molecule has 1 atom stereocenters. The number of hydrogen-bond acceptors (Lipinski definition) is 4. The van der Waals surface area contributed by atoms with Gasteiger partial charge in [0.1, 0.15) is 6.04 Å². The van der Waals surface area contributed by atoms with Gasteiger partial charge in [0.05, 0.1) is 6.61 Å². The lowest BCUT2D eigenvalue weighted by molar-refractivity contribution is -0.149. The molecule has 0 bridgehead atoms. The standard InChI is InChI=1S/C12H23NO3/c1-4-16-12(14)10(2)13-7-5-11(6-8-13)9-15-3/h10-11H,4-9H2,1-3H3. The Morgan fingerprint density at radius 1 is 1.44 bits per heavy atom. The van der Waals surface area contributed by atoms with E-state index in [0.717, 1.165) is 32.5 Å². The van der Waals surface area contributed by atoms with Crippen LogP contribution in [0.5, 0.6) is 0 Å². The molecule has 94 valence electrons. The Balaban J connectivity index is 2.32. The van der Waals surface area contributed by atoms with Crippen molar-refractivity contribution in [2.24, 2.45) is 5.92 Å². The maximum Gasteiger partial charge on any atom is 0.323 e. The van der Waals surface area contributed by atoms with Crippen molar-refractivity contribution < 1.29 is 14.3 Å². The molecule has 1 unspecified atom stereocenters. The van der Waals surface area contributed by atoms with E-state index in [1.165, 1.54) is 0 Å². The van der Waals surface area contributed by atoms with E-state index in [2.05, 4.69) is 4.90 Å². The smallest absolute Gasteiger partial charge is 0.323 e. The van der Waals surface area contributed by atoms with E-state index in [9.17, 15) is 4.79 Å². The number of carbonyl (C=O) groups is 1. The highest BCUT2D eigenvalue weighted by Gasteiger charge is 2.27. The van der Waals surface area contributed by atoms with Gasteiger partial charge in [0.2, 0.25) is 0 Å². The molecule has 0 amide bonds. The summed E-state index contributed by atoms with van der Waals surface area (Å²) in [5, 5.41) is 0. The van der Waals surface area contributed by atoms with Gasteiger partial charge in [0, 0.05) is 13.7 Å². The van der Waals surface area contributed by atoms with Gasteiger partial charge in [-0.25, -0.2) is 0 Å². The molecule has 4 nitrogen and oxygen atoms in total. The number of nitrogens with zero attached hydrogens (tertiary/aromatic N) is 1. The van der Waals surface area contributed by atoms with Gasteiger partial charge in [-0.05, 0) is 45.7 Å². The summed E-state index contributed by atoms with van der Waals surface area (Å²) in [5.74, 6) is 0.545. The van der Waals surface area contributed by atoms with Crippen LogP contribution in [0, 0.1) is 5.92 Å². The average molecular weight is 229 g/mol. The number of ether oxygens (including phenoxy) is 2. The van der Waals surface area contributed by atoms with Crippen molar-refractivity contribution in [3.63, 3.8) is 0 Å². The van der Waals surface area contributed by atoms with Crippen molar-refractivity contribution >= 4 is 5.97 Å². The van der Waals surface area contributed by atoms with Crippen LogP contribution in [0.4, 0.5) is 0 Å². The maximum atomic E-state index is 11.6. The number of hydrogen-bond donors (Lipinski definition) is 0. The normalized spacial score (nSPS) is 20.7. The number of likely N-dealkylation sites (tertiary alicyclic amines) is 1. The van der Waals surface area contributed by atoms with Crippen LogP contribution < -0.4 is 0 Å². The Hall–Kier alpha value is -0.610. The summed E-state index contributed by atoms with van der Waals surface area (Å²) in [6.07, 6.45) is 2.22. The molecule has 0 aliphatic carbocycles. The molecule has 16 heavy (non-hydrogen) atoms. The quantitative estimate of drug-likeness (QED) is 0.666. The highest BCUT2D eigenvalue weighted by molar-refractivity contribution is 5.75. The van der Waals surface area contributed by atoms with Gasteiger partial charge in [-0.15, -0.1) is 0 Å². The molecular weight excluding hydrogens is 206 g/mol. The van der Waals surface area contributed by atoms with Gasteiger partial charge < -0.3 is 9.47 Å². The molecule has 1 rings (SSSR count). The first-order valence-electron chi connectivity index (χ1n) is 6.08. The van der Waals surface area contributed by atoms with Crippen LogP contribution in [-0.4, -0.2) is 50.3 Å². The Labute approximate surface area is 97.9 Å². The zero-order chi connectivity index (χ0) is 12.0. The summed E-state index contributed by atoms with van der Waals surface area (Å²) >= 11 is 0. The van der Waals surface area contributed by atoms with Crippen molar-refractivity contribution in [3.05, 3.63) is 0 Å². The minimum atomic E-state index is -0.108.